The molecule has 0 atom stereocenters. The Morgan fingerprint density at radius 2 is 0.537 bits per heavy atom. The lowest BCUT2D eigenvalue weighted by molar-refractivity contribution is 0.836. The molecule has 0 unspecified atom stereocenters. The molecule has 0 aliphatic heterocycles. The van der Waals surface area contributed by atoms with E-state index in [2.05, 4.69) is 218 Å². The third-order valence-corrected chi connectivity index (χ3v) is 11.2. The first-order chi connectivity index (χ1) is 26.8. The van der Waals surface area contributed by atoms with E-state index in [9.17, 15) is 0 Å². The standard InChI is InChI=1S/C54H34/c1-3-15-39(16-4-1)35-37-53(49-23-11-7-19-45(49)46-20-8-12-24-50(46)53)43-31-27-41(28-32-43)42-29-33-44(34-30-42)54(38-36-40-17-5-2-6-18-40)51-25-13-9-21-47(51)48-22-10-14-26-52(48)54/h1-34H. The van der Waals surface area contributed by atoms with Crippen molar-refractivity contribution in [1.29, 1.82) is 0 Å². The molecule has 0 nitrogen and oxygen atoms in total. The first-order valence-corrected chi connectivity index (χ1v) is 18.5. The van der Waals surface area contributed by atoms with Crippen molar-refractivity contribution in [2.75, 3.05) is 0 Å². The fourth-order valence-electron chi connectivity index (χ4n) is 8.71. The predicted molar refractivity (Wildman–Crippen MR) is 222 cm³/mol. The Morgan fingerprint density at radius 1 is 0.259 bits per heavy atom. The van der Waals surface area contributed by atoms with Gasteiger partial charge in [0.1, 0.15) is 10.8 Å². The molecule has 0 saturated carbocycles. The Bertz CT molecular complexity index is 2510. The Balaban J connectivity index is 1.08. The summed E-state index contributed by atoms with van der Waals surface area (Å²) in [6.45, 7) is 0. The van der Waals surface area contributed by atoms with Gasteiger partial charge in [-0.05, 0) is 91.0 Å². The number of rotatable bonds is 3. The Hall–Kier alpha value is -7.12. The van der Waals surface area contributed by atoms with E-state index in [4.69, 9.17) is 0 Å². The molecule has 54 heavy (non-hydrogen) atoms. The minimum atomic E-state index is -0.599. The second-order valence-corrected chi connectivity index (χ2v) is 14.1. The third-order valence-electron chi connectivity index (χ3n) is 11.2. The van der Waals surface area contributed by atoms with Crippen molar-refractivity contribution in [3.05, 3.63) is 251 Å². The summed E-state index contributed by atoms with van der Waals surface area (Å²) in [4.78, 5) is 0. The molecule has 0 bridgehead atoms. The molecule has 0 aromatic heterocycles. The molecule has 8 aromatic rings. The van der Waals surface area contributed by atoms with Gasteiger partial charge in [-0.2, -0.15) is 0 Å². The van der Waals surface area contributed by atoms with E-state index in [1.165, 1.54) is 44.5 Å². The Morgan fingerprint density at radius 3 is 0.852 bits per heavy atom. The van der Waals surface area contributed by atoms with Gasteiger partial charge in [0, 0.05) is 11.1 Å². The van der Waals surface area contributed by atoms with Gasteiger partial charge in [-0.15, -0.1) is 0 Å². The van der Waals surface area contributed by atoms with Crippen LogP contribution in [0, 0.1) is 23.7 Å². The highest BCUT2D eigenvalue weighted by molar-refractivity contribution is 5.88. The van der Waals surface area contributed by atoms with Crippen LogP contribution in [0.25, 0.3) is 33.4 Å². The predicted octanol–water partition coefficient (Wildman–Crippen LogP) is 12.1. The molecule has 250 valence electrons. The van der Waals surface area contributed by atoms with Crippen molar-refractivity contribution in [1.82, 2.24) is 0 Å². The fourth-order valence-corrected chi connectivity index (χ4v) is 8.71. The summed E-state index contributed by atoms with van der Waals surface area (Å²) >= 11 is 0. The van der Waals surface area contributed by atoms with Gasteiger partial charge in [-0.1, -0.05) is 206 Å². The van der Waals surface area contributed by atoms with E-state index in [1.54, 1.807) is 0 Å². The van der Waals surface area contributed by atoms with Gasteiger partial charge >= 0.3 is 0 Å². The van der Waals surface area contributed by atoms with E-state index < -0.39 is 10.8 Å². The van der Waals surface area contributed by atoms with E-state index in [-0.39, 0.29) is 0 Å². The molecular formula is C54H34. The van der Waals surface area contributed by atoms with Crippen LogP contribution in [-0.2, 0) is 10.8 Å². The van der Waals surface area contributed by atoms with Gasteiger partial charge in [0.25, 0.3) is 0 Å². The van der Waals surface area contributed by atoms with Crippen LogP contribution in [-0.4, -0.2) is 0 Å². The summed E-state index contributed by atoms with van der Waals surface area (Å²) < 4.78 is 0. The molecule has 0 fully saturated rings. The number of fused-ring (bicyclic) bond motifs is 6. The van der Waals surface area contributed by atoms with E-state index in [1.807, 2.05) is 12.1 Å². The SMILES string of the molecule is C(#CC1(c2ccc(-c3ccc(C4(C#Cc5ccccc5)c5ccccc5-c5ccccc54)cc3)cc2)c2ccccc2-c2ccccc21)c1ccccc1. The molecule has 2 aliphatic carbocycles. The molecule has 0 saturated heterocycles. The van der Waals surface area contributed by atoms with Crippen molar-refractivity contribution in [2.24, 2.45) is 0 Å². The van der Waals surface area contributed by atoms with E-state index >= 15 is 0 Å². The zero-order valence-electron chi connectivity index (χ0n) is 29.6. The Labute approximate surface area is 317 Å². The molecule has 0 heterocycles. The van der Waals surface area contributed by atoms with Crippen LogP contribution >= 0.6 is 0 Å². The van der Waals surface area contributed by atoms with E-state index in [0.717, 1.165) is 33.4 Å². The van der Waals surface area contributed by atoms with Crippen LogP contribution in [0.4, 0.5) is 0 Å². The lowest BCUT2D eigenvalue weighted by Crippen LogP contribution is -2.25. The fraction of sp³-hybridized carbons (Fsp3) is 0.0370. The molecule has 2 aliphatic rings. The minimum Gasteiger partial charge on any atom is -0.0764 e. The summed E-state index contributed by atoms with van der Waals surface area (Å²) in [6, 6.07) is 73.7. The van der Waals surface area contributed by atoms with Gasteiger partial charge in [0.15, 0.2) is 0 Å². The molecule has 0 radical (unpaired) electrons. The molecule has 10 rings (SSSR count). The van der Waals surface area contributed by atoms with Crippen molar-refractivity contribution in [3.8, 4) is 57.1 Å². The monoisotopic (exact) mass is 682 g/mol. The van der Waals surface area contributed by atoms with Crippen LogP contribution in [0.2, 0.25) is 0 Å². The van der Waals surface area contributed by atoms with Crippen molar-refractivity contribution >= 4 is 0 Å². The highest BCUT2D eigenvalue weighted by Gasteiger charge is 2.44. The van der Waals surface area contributed by atoms with Gasteiger partial charge in [0.05, 0.1) is 0 Å². The minimum absolute atomic E-state index is 0.599. The maximum absolute atomic E-state index is 3.82. The van der Waals surface area contributed by atoms with Gasteiger partial charge in [-0.3, -0.25) is 0 Å². The first-order valence-electron chi connectivity index (χ1n) is 18.5. The van der Waals surface area contributed by atoms with E-state index in [0.29, 0.717) is 0 Å². The number of hydrogen-bond donors (Lipinski definition) is 0. The smallest absolute Gasteiger partial charge is 0.0764 e. The topological polar surface area (TPSA) is 0 Å². The van der Waals surface area contributed by atoms with Crippen molar-refractivity contribution in [2.45, 2.75) is 10.8 Å². The van der Waals surface area contributed by atoms with Crippen LogP contribution in [0.1, 0.15) is 44.5 Å². The highest BCUT2D eigenvalue weighted by atomic mass is 14.4. The van der Waals surface area contributed by atoms with Crippen LogP contribution in [0.15, 0.2) is 206 Å². The van der Waals surface area contributed by atoms with Gasteiger partial charge < -0.3 is 0 Å². The van der Waals surface area contributed by atoms with Crippen LogP contribution in [0.5, 0.6) is 0 Å². The maximum atomic E-state index is 3.82. The second-order valence-electron chi connectivity index (χ2n) is 14.1. The first kappa shape index (κ1) is 31.6. The lowest BCUT2D eigenvalue weighted by Gasteiger charge is -2.28. The quantitative estimate of drug-likeness (QED) is 0.163. The normalized spacial score (nSPS) is 13.6. The number of benzene rings is 8. The zero-order chi connectivity index (χ0) is 36.0. The molecule has 0 spiro atoms. The van der Waals surface area contributed by atoms with Crippen molar-refractivity contribution < 1.29 is 0 Å². The molecule has 8 aromatic carbocycles. The van der Waals surface area contributed by atoms with Gasteiger partial charge in [0.2, 0.25) is 0 Å². The molecule has 0 heteroatoms. The third kappa shape index (κ3) is 4.89. The van der Waals surface area contributed by atoms with Crippen LogP contribution in [0.3, 0.4) is 0 Å². The Kier molecular flexibility index (Phi) is 7.51. The highest BCUT2D eigenvalue weighted by Crippen LogP contribution is 2.54. The average Bonchev–Trinajstić information content (AvgIpc) is 3.71. The average molecular weight is 683 g/mol. The zero-order valence-corrected chi connectivity index (χ0v) is 29.6. The van der Waals surface area contributed by atoms with Crippen molar-refractivity contribution in [3.63, 3.8) is 0 Å². The molecule has 0 amide bonds. The number of hydrogen-bond acceptors (Lipinski definition) is 0. The second kappa shape index (κ2) is 12.8. The largest absolute Gasteiger partial charge is 0.108 e. The molecule has 0 N–H and O–H groups in total. The maximum Gasteiger partial charge on any atom is 0.108 e. The van der Waals surface area contributed by atoms with Gasteiger partial charge in [-0.25, -0.2) is 0 Å². The summed E-state index contributed by atoms with van der Waals surface area (Å²) in [6.07, 6.45) is 0. The summed E-state index contributed by atoms with van der Waals surface area (Å²) in [5, 5.41) is 0. The lowest BCUT2D eigenvalue weighted by atomic mass is 9.72. The molecular weight excluding hydrogens is 649 g/mol. The van der Waals surface area contributed by atoms with Crippen LogP contribution < -0.4 is 0 Å². The summed E-state index contributed by atoms with van der Waals surface area (Å²) in [5.74, 6) is 14.8. The summed E-state index contributed by atoms with van der Waals surface area (Å²) in [5.41, 5.74) is 15.4. The summed E-state index contributed by atoms with van der Waals surface area (Å²) in [7, 11) is 0.